The van der Waals surface area contributed by atoms with Crippen molar-refractivity contribution in [1.82, 2.24) is 14.9 Å². The van der Waals surface area contributed by atoms with Crippen molar-refractivity contribution in [2.45, 2.75) is 6.92 Å². The Labute approximate surface area is 93.4 Å². The average molecular weight is 222 g/mol. The first-order chi connectivity index (χ1) is 7.66. The molecule has 0 aliphatic carbocycles. The van der Waals surface area contributed by atoms with Gasteiger partial charge >= 0.3 is 0 Å². The molecule has 0 unspecified atom stereocenters. The number of hydrogen-bond donors (Lipinski definition) is 1. The van der Waals surface area contributed by atoms with E-state index in [9.17, 15) is 4.79 Å². The molecule has 2 rings (SSSR count). The van der Waals surface area contributed by atoms with Gasteiger partial charge in [0.25, 0.3) is 5.91 Å². The molecule has 1 amide bonds. The van der Waals surface area contributed by atoms with Crippen LogP contribution in [-0.4, -0.2) is 47.1 Å². The van der Waals surface area contributed by atoms with Crippen LogP contribution in [0.1, 0.15) is 16.2 Å². The van der Waals surface area contributed by atoms with E-state index in [1.807, 2.05) is 0 Å². The Bertz CT molecular complexity index is 382. The second-order valence-electron chi connectivity index (χ2n) is 3.66. The van der Waals surface area contributed by atoms with E-state index in [1.54, 1.807) is 17.9 Å². The van der Waals surface area contributed by atoms with Gasteiger partial charge in [-0.25, -0.2) is 9.97 Å². The Kier molecular flexibility index (Phi) is 3.00. The molecule has 2 N–H and O–H groups in total. The smallest absolute Gasteiger partial charge is 0.272 e. The van der Waals surface area contributed by atoms with Crippen molar-refractivity contribution in [2.24, 2.45) is 0 Å². The average Bonchev–Trinajstić information content (AvgIpc) is 2.28. The molecule has 1 aliphatic rings. The fraction of sp³-hybridized carbons (Fsp3) is 0.500. The normalized spacial score (nSPS) is 16.2. The molecule has 0 atom stereocenters. The van der Waals surface area contributed by atoms with Gasteiger partial charge in [0.1, 0.15) is 5.69 Å². The summed E-state index contributed by atoms with van der Waals surface area (Å²) in [6.07, 6.45) is 0. The number of aromatic nitrogens is 2. The van der Waals surface area contributed by atoms with Crippen LogP contribution in [0.15, 0.2) is 6.07 Å². The minimum absolute atomic E-state index is 0.111. The summed E-state index contributed by atoms with van der Waals surface area (Å²) in [5.74, 6) is 0.0251. The molecular weight excluding hydrogens is 208 g/mol. The summed E-state index contributed by atoms with van der Waals surface area (Å²) in [7, 11) is 0. The Morgan fingerprint density at radius 1 is 1.44 bits per heavy atom. The van der Waals surface area contributed by atoms with E-state index >= 15 is 0 Å². The number of carbonyl (C=O) groups is 1. The maximum atomic E-state index is 12.0. The third kappa shape index (κ3) is 2.27. The topological polar surface area (TPSA) is 81.3 Å². The van der Waals surface area contributed by atoms with Crippen molar-refractivity contribution in [3.63, 3.8) is 0 Å². The van der Waals surface area contributed by atoms with Gasteiger partial charge in [0.15, 0.2) is 0 Å². The number of ether oxygens (including phenoxy) is 1. The van der Waals surface area contributed by atoms with Crippen LogP contribution < -0.4 is 5.73 Å². The van der Waals surface area contributed by atoms with Gasteiger partial charge in [-0.15, -0.1) is 0 Å². The predicted octanol–water partition coefficient (Wildman–Crippen LogP) is -0.160. The molecule has 0 aromatic carbocycles. The molecule has 16 heavy (non-hydrogen) atoms. The number of nitrogen functional groups attached to an aromatic ring is 1. The summed E-state index contributed by atoms with van der Waals surface area (Å²) in [6.45, 7) is 4.13. The minimum Gasteiger partial charge on any atom is -0.378 e. The van der Waals surface area contributed by atoms with Crippen LogP contribution in [0.3, 0.4) is 0 Å². The van der Waals surface area contributed by atoms with E-state index in [1.165, 1.54) is 0 Å². The van der Waals surface area contributed by atoms with Crippen molar-refractivity contribution in [3.05, 3.63) is 17.5 Å². The molecule has 86 valence electrons. The van der Waals surface area contributed by atoms with E-state index < -0.39 is 0 Å². The molecule has 1 aromatic rings. The first-order valence-corrected chi connectivity index (χ1v) is 5.15. The zero-order valence-electron chi connectivity index (χ0n) is 9.14. The molecular formula is C10H14N4O2. The number of aryl methyl sites for hydroxylation is 1. The first kappa shape index (κ1) is 10.8. The SMILES string of the molecule is Cc1cc(C(=O)N2CCOCC2)nc(N)n1. The lowest BCUT2D eigenvalue weighted by Crippen LogP contribution is -2.41. The largest absolute Gasteiger partial charge is 0.378 e. The van der Waals surface area contributed by atoms with Crippen LogP contribution in [0.4, 0.5) is 5.95 Å². The van der Waals surface area contributed by atoms with Crippen molar-refractivity contribution >= 4 is 11.9 Å². The molecule has 0 spiro atoms. The van der Waals surface area contributed by atoms with Crippen LogP contribution in [-0.2, 0) is 4.74 Å². The van der Waals surface area contributed by atoms with Crippen molar-refractivity contribution < 1.29 is 9.53 Å². The Hall–Kier alpha value is -1.69. The van der Waals surface area contributed by atoms with Gasteiger partial charge < -0.3 is 15.4 Å². The van der Waals surface area contributed by atoms with Crippen LogP contribution >= 0.6 is 0 Å². The number of anilines is 1. The minimum atomic E-state index is -0.111. The lowest BCUT2D eigenvalue weighted by Gasteiger charge is -2.26. The van der Waals surface area contributed by atoms with E-state index in [2.05, 4.69) is 9.97 Å². The van der Waals surface area contributed by atoms with Crippen LogP contribution in [0.25, 0.3) is 0 Å². The number of nitrogens with zero attached hydrogens (tertiary/aromatic N) is 3. The molecule has 6 nitrogen and oxygen atoms in total. The standard InChI is InChI=1S/C10H14N4O2/c1-7-6-8(13-10(11)12-7)9(15)14-2-4-16-5-3-14/h6H,2-5H2,1H3,(H2,11,12,13). The summed E-state index contributed by atoms with van der Waals surface area (Å²) in [4.78, 5) is 21.6. The Balaban J connectivity index is 2.19. The van der Waals surface area contributed by atoms with Gasteiger partial charge in [-0.3, -0.25) is 4.79 Å². The molecule has 1 saturated heterocycles. The predicted molar refractivity (Wildman–Crippen MR) is 57.9 cm³/mol. The van der Waals surface area contributed by atoms with Crippen LogP contribution in [0.5, 0.6) is 0 Å². The van der Waals surface area contributed by atoms with Gasteiger partial charge in [-0.05, 0) is 13.0 Å². The lowest BCUT2D eigenvalue weighted by atomic mass is 10.3. The summed E-state index contributed by atoms with van der Waals surface area (Å²) in [5, 5.41) is 0. The van der Waals surface area contributed by atoms with Crippen molar-refractivity contribution in [1.29, 1.82) is 0 Å². The highest BCUT2D eigenvalue weighted by molar-refractivity contribution is 5.92. The maximum absolute atomic E-state index is 12.0. The van der Waals surface area contributed by atoms with Crippen LogP contribution in [0.2, 0.25) is 0 Å². The highest BCUT2D eigenvalue weighted by atomic mass is 16.5. The van der Waals surface area contributed by atoms with Crippen molar-refractivity contribution in [3.8, 4) is 0 Å². The summed E-state index contributed by atoms with van der Waals surface area (Å²) in [6, 6.07) is 1.65. The Morgan fingerprint density at radius 2 is 2.12 bits per heavy atom. The van der Waals surface area contributed by atoms with Gasteiger partial charge in [-0.1, -0.05) is 0 Å². The highest BCUT2D eigenvalue weighted by Gasteiger charge is 2.20. The van der Waals surface area contributed by atoms with Gasteiger partial charge in [-0.2, -0.15) is 0 Å². The van der Waals surface area contributed by atoms with Gasteiger partial charge in [0, 0.05) is 18.8 Å². The number of nitrogens with two attached hydrogens (primary N) is 1. The zero-order valence-corrected chi connectivity index (χ0v) is 9.14. The number of morpholine rings is 1. The fourth-order valence-corrected chi connectivity index (χ4v) is 1.63. The van der Waals surface area contributed by atoms with E-state index in [0.29, 0.717) is 37.7 Å². The second kappa shape index (κ2) is 4.44. The molecule has 0 saturated carbocycles. The maximum Gasteiger partial charge on any atom is 0.272 e. The number of rotatable bonds is 1. The number of carbonyl (C=O) groups excluding carboxylic acids is 1. The number of amides is 1. The summed E-state index contributed by atoms with van der Waals surface area (Å²) in [5.41, 5.74) is 6.56. The first-order valence-electron chi connectivity index (χ1n) is 5.15. The van der Waals surface area contributed by atoms with Crippen LogP contribution in [0, 0.1) is 6.92 Å². The Morgan fingerprint density at radius 3 is 2.75 bits per heavy atom. The zero-order chi connectivity index (χ0) is 11.5. The monoisotopic (exact) mass is 222 g/mol. The third-order valence-electron chi connectivity index (χ3n) is 2.39. The molecule has 0 bridgehead atoms. The number of hydrogen-bond acceptors (Lipinski definition) is 5. The van der Waals surface area contributed by atoms with Crippen molar-refractivity contribution in [2.75, 3.05) is 32.0 Å². The summed E-state index contributed by atoms with van der Waals surface area (Å²) >= 11 is 0. The molecule has 6 heteroatoms. The molecule has 0 radical (unpaired) electrons. The van der Waals surface area contributed by atoms with E-state index in [0.717, 1.165) is 0 Å². The van der Waals surface area contributed by atoms with E-state index in [-0.39, 0.29) is 11.9 Å². The fourth-order valence-electron chi connectivity index (χ4n) is 1.63. The molecule has 1 fully saturated rings. The quantitative estimate of drug-likeness (QED) is 0.714. The third-order valence-corrected chi connectivity index (χ3v) is 2.39. The molecule has 1 aliphatic heterocycles. The molecule has 1 aromatic heterocycles. The summed E-state index contributed by atoms with van der Waals surface area (Å²) < 4.78 is 5.18. The second-order valence-corrected chi connectivity index (χ2v) is 3.66. The van der Waals surface area contributed by atoms with Gasteiger partial charge in [0.2, 0.25) is 5.95 Å². The van der Waals surface area contributed by atoms with Gasteiger partial charge in [0.05, 0.1) is 13.2 Å². The van der Waals surface area contributed by atoms with E-state index in [4.69, 9.17) is 10.5 Å². The molecule has 2 heterocycles. The lowest BCUT2D eigenvalue weighted by molar-refractivity contribution is 0.0299. The highest BCUT2D eigenvalue weighted by Crippen LogP contribution is 2.07.